The van der Waals surface area contributed by atoms with Crippen LogP contribution in [0.4, 0.5) is 0 Å². The molecule has 0 aliphatic carbocycles. The van der Waals surface area contributed by atoms with Crippen molar-refractivity contribution < 1.29 is 8.42 Å². The molecule has 0 fully saturated rings. The van der Waals surface area contributed by atoms with Crippen molar-refractivity contribution in [1.82, 2.24) is 4.98 Å². The molecule has 0 bridgehead atoms. The topological polar surface area (TPSA) is 47.0 Å². The fourth-order valence-corrected chi connectivity index (χ4v) is 1.14. The van der Waals surface area contributed by atoms with Gasteiger partial charge in [-0.1, -0.05) is 6.07 Å². The van der Waals surface area contributed by atoms with E-state index in [-0.39, 0.29) is 17.4 Å². The van der Waals surface area contributed by atoms with E-state index in [1.807, 2.05) is 0 Å². The summed E-state index contributed by atoms with van der Waals surface area (Å²) in [6, 6.07) is 4.79. The van der Waals surface area contributed by atoms with Crippen LogP contribution in [-0.2, 0) is 9.84 Å². The summed E-state index contributed by atoms with van der Waals surface area (Å²) in [5.74, 6) is 0. The number of aromatic nitrogens is 1. The summed E-state index contributed by atoms with van der Waals surface area (Å²) in [6.45, 7) is 0. The molecule has 62 valence electrons. The van der Waals surface area contributed by atoms with E-state index in [1.165, 1.54) is 12.3 Å². The quantitative estimate of drug-likeness (QED) is 0.666. The summed E-state index contributed by atoms with van der Waals surface area (Å²) in [5, 5.41) is 0.120. The maximum absolute atomic E-state index is 10.8. The second-order valence-electron chi connectivity index (χ2n) is 1.94. The molecule has 0 saturated heterocycles. The Morgan fingerprint density at radius 3 is 2.27 bits per heavy atom. The molecule has 3 nitrogen and oxygen atoms in total. The first-order chi connectivity index (χ1) is 4.61. The molecule has 1 aromatic rings. The van der Waals surface area contributed by atoms with E-state index in [0.29, 0.717) is 0 Å². The van der Waals surface area contributed by atoms with E-state index in [2.05, 4.69) is 4.98 Å². The molecule has 0 aliphatic rings. The molecule has 0 saturated carbocycles. The minimum atomic E-state index is -3.11. The van der Waals surface area contributed by atoms with Crippen molar-refractivity contribution in [2.45, 2.75) is 5.03 Å². The molecule has 0 unspecified atom stereocenters. The fraction of sp³-hybridized carbons (Fsp3) is 0.167. The van der Waals surface area contributed by atoms with Gasteiger partial charge in [0.2, 0.25) is 0 Å². The van der Waals surface area contributed by atoms with Gasteiger partial charge in [0, 0.05) is 12.5 Å². The molecule has 0 aromatic carbocycles. The maximum atomic E-state index is 10.8. The highest BCUT2D eigenvalue weighted by Gasteiger charge is 2.05. The summed E-state index contributed by atoms with van der Waals surface area (Å²) in [7, 11) is -3.11. The Balaban J connectivity index is 0.000001000. The van der Waals surface area contributed by atoms with Gasteiger partial charge in [-0.15, -0.1) is 12.4 Å². The Morgan fingerprint density at radius 1 is 1.36 bits per heavy atom. The lowest BCUT2D eigenvalue weighted by Crippen LogP contribution is -1.98. The molecule has 0 aliphatic heterocycles. The highest BCUT2D eigenvalue weighted by Crippen LogP contribution is 2.00. The third-order valence-electron chi connectivity index (χ3n) is 1.02. The molecular weight excluding hydrogens is 186 g/mol. The van der Waals surface area contributed by atoms with Crippen LogP contribution in [0, 0.1) is 0 Å². The minimum absolute atomic E-state index is 0. The van der Waals surface area contributed by atoms with Gasteiger partial charge in [0.15, 0.2) is 14.9 Å². The predicted octanol–water partition coefficient (Wildman–Crippen LogP) is 0.907. The van der Waals surface area contributed by atoms with E-state index in [0.717, 1.165) is 6.26 Å². The first kappa shape index (κ1) is 10.4. The predicted molar refractivity (Wildman–Crippen MR) is 44.6 cm³/mol. The third-order valence-corrected chi connectivity index (χ3v) is 2.02. The monoisotopic (exact) mass is 193 g/mol. The van der Waals surface area contributed by atoms with Gasteiger partial charge in [-0.3, -0.25) is 0 Å². The largest absolute Gasteiger partial charge is 0.245 e. The van der Waals surface area contributed by atoms with Gasteiger partial charge < -0.3 is 0 Å². The van der Waals surface area contributed by atoms with Crippen LogP contribution in [0.1, 0.15) is 0 Å². The Hall–Kier alpha value is -0.610. The van der Waals surface area contributed by atoms with E-state index >= 15 is 0 Å². The van der Waals surface area contributed by atoms with Crippen molar-refractivity contribution in [1.29, 1.82) is 0 Å². The van der Waals surface area contributed by atoms with Crippen LogP contribution in [0.2, 0.25) is 0 Å². The van der Waals surface area contributed by atoms with Crippen molar-refractivity contribution in [3.63, 3.8) is 0 Å². The zero-order chi connectivity index (χ0) is 7.61. The standard InChI is InChI=1S/C6H7NO2S.ClH/c1-10(8,9)6-4-2-3-5-7-6;/h2-5H,1H3;1H. The van der Waals surface area contributed by atoms with E-state index in [1.54, 1.807) is 12.1 Å². The van der Waals surface area contributed by atoms with Crippen LogP contribution in [-0.4, -0.2) is 19.7 Å². The zero-order valence-corrected chi connectivity index (χ0v) is 7.52. The van der Waals surface area contributed by atoms with Gasteiger partial charge in [0.1, 0.15) is 0 Å². The van der Waals surface area contributed by atoms with Crippen molar-refractivity contribution in [2.75, 3.05) is 6.26 Å². The van der Waals surface area contributed by atoms with Gasteiger partial charge in [-0.25, -0.2) is 13.4 Å². The first-order valence-electron chi connectivity index (χ1n) is 2.72. The molecule has 11 heavy (non-hydrogen) atoms. The lowest BCUT2D eigenvalue weighted by Gasteiger charge is -1.92. The van der Waals surface area contributed by atoms with Crippen LogP contribution in [0.15, 0.2) is 29.4 Å². The maximum Gasteiger partial charge on any atom is 0.192 e. The molecule has 0 amide bonds. The average Bonchev–Trinajstić information content (AvgIpc) is 1.88. The van der Waals surface area contributed by atoms with Gasteiger partial charge in [0.05, 0.1) is 0 Å². The van der Waals surface area contributed by atoms with Crippen LogP contribution >= 0.6 is 12.4 Å². The molecule has 1 rings (SSSR count). The van der Waals surface area contributed by atoms with Gasteiger partial charge in [-0.05, 0) is 12.1 Å². The smallest absolute Gasteiger partial charge is 0.192 e. The summed E-state index contributed by atoms with van der Waals surface area (Å²) in [4.78, 5) is 3.66. The van der Waals surface area contributed by atoms with Crippen LogP contribution in [0.5, 0.6) is 0 Å². The van der Waals surface area contributed by atoms with E-state index in [9.17, 15) is 8.42 Å². The SMILES string of the molecule is CS(=O)(=O)c1ccccn1.Cl. The zero-order valence-electron chi connectivity index (χ0n) is 5.89. The molecule has 1 aromatic heterocycles. The van der Waals surface area contributed by atoms with Gasteiger partial charge >= 0.3 is 0 Å². The molecule has 0 radical (unpaired) electrons. The fourth-order valence-electron chi connectivity index (χ4n) is 0.566. The molecule has 0 spiro atoms. The number of hydrogen-bond donors (Lipinski definition) is 0. The summed E-state index contributed by atoms with van der Waals surface area (Å²) in [6.07, 6.45) is 2.59. The lowest BCUT2D eigenvalue weighted by atomic mass is 10.5. The summed E-state index contributed by atoms with van der Waals surface area (Å²) >= 11 is 0. The molecule has 1 heterocycles. The number of hydrogen-bond acceptors (Lipinski definition) is 3. The van der Waals surface area contributed by atoms with Crippen LogP contribution < -0.4 is 0 Å². The van der Waals surface area contributed by atoms with E-state index < -0.39 is 9.84 Å². The Kier molecular flexibility index (Phi) is 3.48. The summed E-state index contributed by atoms with van der Waals surface area (Å²) in [5.41, 5.74) is 0. The Morgan fingerprint density at radius 2 is 2.00 bits per heavy atom. The normalized spacial score (nSPS) is 10.3. The highest BCUT2D eigenvalue weighted by molar-refractivity contribution is 7.90. The number of pyridine rings is 1. The first-order valence-corrected chi connectivity index (χ1v) is 4.61. The third kappa shape index (κ3) is 2.86. The molecular formula is C6H8ClNO2S. The lowest BCUT2D eigenvalue weighted by molar-refractivity contribution is 0.598. The second kappa shape index (κ2) is 3.69. The van der Waals surface area contributed by atoms with Gasteiger partial charge in [0.25, 0.3) is 0 Å². The number of rotatable bonds is 1. The Labute approximate surface area is 71.8 Å². The number of sulfone groups is 1. The molecule has 5 heteroatoms. The average molecular weight is 194 g/mol. The van der Waals surface area contributed by atoms with Crippen molar-refractivity contribution in [2.24, 2.45) is 0 Å². The molecule has 0 N–H and O–H groups in total. The van der Waals surface area contributed by atoms with Gasteiger partial charge in [-0.2, -0.15) is 0 Å². The minimum Gasteiger partial charge on any atom is -0.245 e. The van der Waals surface area contributed by atoms with Crippen molar-refractivity contribution in [3.8, 4) is 0 Å². The number of halogens is 1. The molecule has 0 atom stereocenters. The highest BCUT2D eigenvalue weighted by atomic mass is 35.5. The Bertz CT molecular complexity index is 309. The number of nitrogens with zero attached hydrogens (tertiary/aromatic N) is 1. The van der Waals surface area contributed by atoms with E-state index in [4.69, 9.17) is 0 Å². The van der Waals surface area contributed by atoms with Crippen LogP contribution in [0.3, 0.4) is 0 Å². The van der Waals surface area contributed by atoms with Crippen molar-refractivity contribution in [3.05, 3.63) is 24.4 Å². The summed E-state index contributed by atoms with van der Waals surface area (Å²) < 4.78 is 21.5. The van der Waals surface area contributed by atoms with Crippen molar-refractivity contribution >= 4 is 22.2 Å². The second-order valence-corrected chi connectivity index (χ2v) is 3.90. The van der Waals surface area contributed by atoms with Crippen LogP contribution in [0.25, 0.3) is 0 Å².